The average Bonchev–Trinajstić information content (AvgIpc) is 2.89. The summed E-state index contributed by atoms with van der Waals surface area (Å²) in [6.45, 7) is 33.9. The van der Waals surface area contributed by atoms with E-state index in [1.807, 2.05) is 18.2 Å². The zero-order valence-corrected chi connectivity index (χ0v) is 28.4. The van der Waals surface area contributed by atoms with Crippen LogP contribution in [0.25, 0.3) is 0 Å². The third kappa shape index (κ3) is 11.5. The molecule has 0 spiro atoms. The van der Waals surface area contributed by atoms with E-state index < -0.39 is 16.4 Å². The number of unbranched alkanes of at least 4 members (excludes halogenated alkanes) is 1. The minimum atomic E-state index is -1.84. The van der Waals surface area contributed by atoms with Crippen LogP contribution in [0.5, 0.6) is 0 Å². The zero-order chi connectivity index (χ0) is 29.2. The quantitative estimate of drug-likeness (QED) is 0.0605. The van der Waals surface area contributed by atoms with Gasteiger partial charge in [0.2, 0.25) is 0 Å². The van der Waals surface area contributed by atoms with Gasteiger partial charge in [0.05, 0.1) is 25.4 Å². The molecule has 0 heterocycles. The third-order valence-corrected chi connectivity index (χ3v) is 19.2. The van der Waals surface area contributed by atoms with E-state index in [1.54, 1.807) is 6.08 Å². The van der Waals surface area contributed by atoms with Gasteiger partial charge in [-0.1, -0.05) is 92.7 Å². The highest BCUT2D eigenvalue weighted by Crippen LogP contribution is 2.40. The van der Waals surface area contributed by atoms with Crippen molar-refractivity contribution >= 4 is 16.4 Å². The molecule has 3 nitrogen and oxygen atoms in total. The first-order valence-electron chi connectivity index (χ1n) is 15.0. The van der Waals surface area contributed by atoms with E-state index in [-0.39, 0.29) is 18.3 Å². The molecule has 0 aromatic carbocycles. The molecule has 0 aliphatic rings. The predicted octanol–water partition coefficient (Wildman–Crippen LogP) is 9.65. The fraction of sp³-hybridized carbons (Fsp3) is 0.697. The predicted molar refractivity (Wildman–Crippen MR) is 174 cm³/mol. The maximum absolute atomic E-state index is 6.80. The largest absolute Gasteiger partial charge is 0.408 e. The lowest BCUT2D eigenvalue weighted by molar-refractivity contribution is -0.0160. The van der Waals surface area contributed by atoms with Crippen molar-refractivity contribution in [1.82, 2.24) is 0 Å². The van der Waals surface area contributed by atoms with Crippen molar-refractivity contribution in [3.05, 3.63) is 50.1 Å². The van der Waals surface area contributed by atoms with E-state index in [2.05, 4.69) is 99.6 Å². The molecule has 0 N–H and O–H groups in total. The zero-order valence-electron chi connectivity index (χ0n) is 26.4. The van der Waals surface area contributed by atoms with Crippen molar-refractivity contribution in [3.63, 3.8) is 0 Å². The number of rotatable bonds is 21. The molecule has 0 aromatic heterocycles. The Morgan fingerprint density at radius 3 is 1.82 bits per heavy atom. The molecule has 0 aliphatic heterocycles. The molecule has 0 unspecified atom stereocenters. The fourth-order valence-electron chi connectivity index (χ4n) is 5.66. The van der Waals surface area contributed by atoms with E-state index in [0.29, 0.717) is 29.8 Å². The molecule has 0 amide bonds. The van der Waals surface area contributed by atoms with Gasteiger partial charge in [-0.15, -0.1) is 31.2 Å². The van der Waals surface area contributed by atoms with Gasteiger partial charge in [-0.3, -0.25) is 0 Å². The van der Waals surface area contributed by atoms with Crippen LogP contribution in [0.3, 0.4) is 0 Å². The summed E-state index contributed by atoms with van der Waals surface area (Å²) in [6, 6.07) is 3.25. The van der Waals surface area contributed by atoms with Crippen LogP contribution in [0.2, 0.25) is 34.8 Å². The number of ether oxygens (including phenoxy) is 2. The molecule has 0 saturated heterocycles. The summed E-state index contributed by atoms with van der Waals surface area (Å²) in [5.41, 5.74) is 5.81. The van der Waals surface area contributed by atoms with Crippen LogP contribution < -0.4 is 0 Å². The molecule has 0 radical (unpaired) electrons. The van der Waals surface area contributed by atoms with Crippen molar-refractivity contribution in [1.29, 1.82) is 0 Å². The Morgan fingerprint density at radius 2 is 1.37 bits per heavy atom. The molecule has 5 heteroatoms. The van der Waals surface area contributed by atoms with Gasteiger partial charge in [-0.05, 0) is 47.6 Å². The van der Waals surface area contributed by atoms with Gasteiger partial charge in [0.1, 0.15) is 14.2 Å². The highest BCUT2D eigenvalue weighted by molar-refractivity contribution is 6.90. The number of hydrogen-bond donors (Lipinski definition) is 0. The lowest BCUT2D eigenvalue weighted by Crippen LogP contribution is -2.44. The van der Waals surface area contributed by atoms with Crippen LogP contribution in [-0.4, -0.2) is 47.9 Å². The Labute approximate surface area is 239 Å². The Kier molecular flexibility index (Phi) is 19.2. The molecule has 0 saturated carbocycles. The molecule has 3 atom stereocenters. The second-order valence-electron chi connectivity index (χ2n) is 11.3. The van der Waals surface area contributed by atoms with Crippen LogP contribution in [0.1, 0.15) is 81.6 Å². The van der Waals surface area contributed by atoms with Crippen molar-refractivity contribution in [2.75, 3.05) is 13.2 Å². The van der Waals surface area contributed by atoms with Crippen LogP contribution in [-0.2, 0) is 13.9 Å². The molecule has 0 aliphatic carbocycles. The van der Waals surface area contributed by atoms with Gasteiger partial charge < -0.3 is 13.9 Å². The average molecular weight is 561 g/mol. The highest BCUT2D eigenvalue weighted by atomic mass is 28.4. The molecular formula is C33H60O3Si2. The molecule has 0 rings (SSSR count). The van der Waals surface area contributed by atoms with Crippen molar-refractivity contribution in [2.24, 2.45) is 0 Å². The molecule has 0 bridgehead atoms. The molecule has 218 valence electrons. The monoisotopic (exact) mass is 560 g/mol. The van der Waals surface area contributed by atoms with Crippen LogP contribution in [0.15, 0.2) is 50.1 Å². The van der Waals surface area contributed by atoms with E-state index >= 15 is 0 Å². The van der Waals surface area contributed by atoms with Gasteiger partial charge in [-0.2, -0.15) is 0 Å². The van der Waals surface area contributed by atoms with Gasteiger partial charge in [0, 0.05) is 6.42 Å². The van der Waals surface area contributed by atoms with Crippen molar-refractivity contribution in [3.8, 4) is 11.5 Å². The molecule has 0 aromatic rings. The van der Waals surface area contributed by atoms with Crippen molar-refractivity contribution < 1.29 is 13.9 Å². The first-order valence-corrected chi connectivity index (χ1v) is 19.7. The van der Waals surface area contributed by atoms with Crippen LogP contribution in [0, 0.1) is 11.5 Å². The Bertz CT molecular complexity index is 726. The molecule has 0 fully saturated rings. The summed E-state index contributed by atoms with van der Waals surface area (Å²) in [6.07, 6.45) is 11.9. The molecular weight excluding hydrogens is 501 g/mol. The second-order valence-corrected chi connectivity index (χ2v) is 21.6. The lowest BCUT2D eigenvalue weighted by atomic mass is 10.1. The summed E-state index contributed by atoms with van der Waals surface area (Å²) in [7, 11) is -3.52. The number of hydrogen-bond acceptors (Lipinski definition) is 3. The Balaban J connectivity index is 5.57. The molecule has 38 heavy (non-hydrogen) atoms. The van der Waals surface area contributed by atoms with Crippen LogP contribution >= 0.6 is 0 Å². The second kappa shape index (κ2) is 19.8. The van der Waals surface area contributed by atoms with Crippen LogP contribution in [0.4, 0.5) is 0 Å². The topological polar surface area (TPSA) is 27.7 Å². The van der Waals surface area contributed by atoms with E-state index in [4.69, 9.17) is 13.9 Å². The normalized spacial score (nSPS) is 14.9. The van der Waals surface area contributed by atoms with E-state index in [9.17, 15) is 0 Å². The highest BCUT2D eigenvalue weighted by Gasteiger charge is 2.41. The van der Waals surface area contributed by atoms with E-state index in [1.165, 1.54) is 0 Å². The maximum Gasteiger partial charge on any atom is 0.193 e. The Hall–Kier alpha value is -1.17. The fourth-order valence-corrected chi connectivity index (χ4v) is 13.8. The standard InChI is InChI=1S/C33H60O3Si2/c1-13-25-34-26-22-24-33(32(15-3)36-37(16-4,17-5)18-6)35-31(14-2)23-20-19-21-27-38(28(7)8,29(9)10)30(11)12/h13-15,22,24,28-33H,1-3,16-20,23,25-26H2,4-12H3/b24-22+/t31-,32-,33-/m0/s1. The SMILES string of the molecule is C=CCOC/C=C/[C@H](O[C@@H](C=C)CCCC#C[Si](C(C)C)(C(C)C)C(C)C)[C@H](C=C)O[Si](CC)(CC)CC. The Morgan fingerprint density at radius 1 is 0.789 bits per heavy atom. The van der Waals surface area contributed by atoms with Gasteiger partial charge in [0.15, 0.2) is 8.32 Å². The van der Waals surface area contributed by atoms with Crippen molar-refractivity contribution in [2.45, 2.75) is 135 Å². The van der Waals surface area contributed by atoms with Gasteiger partial charge in [0.25, 0.3) is 0 Å². The lowest BCUT2D eigenvalue weighted by Gasteiger charge is -2.38. The smallest absolute Gasteiger partial charge is 0.193 e. The van der Waals surface area contributed by atoms with Gasteiger partial charge >= 0.3 is 0 Å². The van der Waals surface area contributed by atoms with E-state index in [0.717, 1.165) is 37.4 Å². The summed E-state index contributed by atoms with van der Waals surface area (Å²) >= 11 is 0. The van der Waals surface area contributed by atoms with Gasteiger partial charge in [-0.25, -0.2) is 0 Å². The first kappa shape index (κ1) is 36.8. The summed E-state index contributed by atoms with van der Waals surface area (Å²) in [5, 5.41) is 0. The third-order valence-electron chi connectivity index (χ3n) is 8.21. The summed E-state index contributed by atoms with van der Waals surface area (Å²) in [5.74, 6) is 3.59. The maximum atomic E-state index is 6.80. The summed E-state index contributed by atoms with van der Waals surface area (Å²) < 4.78 is 19.0. The summed E-state index contributed by atoms with van der Waals surface area (Å²) in [4.78, 5) is 0. The minimum Gasteiger partial charge on any atom is -0.408 e. The minimum absolute atomic E-state index is 0.0742. The first-order chi connectivity index (χ1) is 18.0.